The fourth-order valence-electron chi connectivity index (χ4n) is 4.03. The topological polar surface area (TPSA) is 110 Å². The smallest absolute Gasteiger partial charge is 0.244 e. The molecule has 0 unspecified atom stereocenters. The maximum absolute atomic E-state index is 13.6. The molecule has 1 aromatic heterocycles. The zero-order valence-corrected chi connectivity index (χ0v) is 25.5. The van der Waals surface area contributed by atoms with Crippen molar-refractivity contribution < 1.29 is 27.1 Å². The van der Waals surface area contributed by atoms with Crippen molar-refractivity contribution in [2.45, 2.75) is 31.3 Å². The van der Waals surface area contributed by atoms with Gasteiger partial charge in [-0.05, 0) is 66.6 Å². The normalized spacial score (nSPS) is 11.7. The number of benzene rings is 3. The van der Waals surface area contributed by atoms with Gasteiger partial charge in [0.25, 0.3) is 0 Å². The average molecular weight is 631 g/mol. The first-order chi connectivity index (χ1) is 20.1. The Labute approximate surface area is 254 Å². The minimum absolute atomic E-state index is 0.0114. The van der Waals surface area contributed by atoms with Crippen LogP contribution < -0.4 is 14.9 Å². The summed E-state index contributed by atoms with van der Waals surface area (Å²) in [7, 11) is -0.867. The van der Waals surface area contributed by atoms with Crippen LogP contribution in [-0.4, -0.2) is 39.1 Å². The number of halogens is 2. The van der Waals surface area contributed by atoms with Gasteiger partial charge in [-0.1, -0.05) is 53.0 Å². The highest BCUT2D eigenvalue weighted by Gasteiger charge is 2.27. The number of amides is 1. The van der Waals surface area contributed by atoms with Crippen LogP contribution in [-0.2, 0) is 34.3 Å². The number of furan rings is 1. The Morgan fingerprint density at radius 3 is 2.38 bits per heavy atom. The molecule has 0 saturated carbocycles. The van der Waals surface area contributed by atoms with Crippen LogP contribution in [0.1, 0.15) is 28.2 Å². The summed E-state index contributed by atoms with van der Waals surface area (Å²) in [6, 6.07) is 20.0. The molecule has 0 spiro atoms. The number of hydrazone groups is 1. The van der Waals surface area contributed by atoms with Gasteiger partial charge in [-0.2, -0.15) is 9.41 Å². The predicted octanol–water partition coefficient (Wildman–Crippen LogP) is 6.00. The first kappa shape index (κ1) is 31.1. The number of aryl methyl sites for hydroxylation is 1. The molecule has 3 aromatic carbocycles. The van der Waals surface area contributed by atoms with Crippen molar-refractivity contribution in [3.8, 4) is 11.5 Å². The first-order valence-electron chi connectivity index (χ1n) is 12.7. The van der Waals surface area contributed by atoms with E-state index in [1.165, 1.54) is 24.7 Å². The van der Waals surface area contributed by atoms with E-state index in [1.807, 2.05) is 6.92 Å². The summed E-state index contributed by atoms with van der Waals surface area (Å²) in [5.41, 5.74) is 4.70. The van der Waals surface area contributed by atoms with Crippen LogP contribution >= 0.6 is 23.2 Å². The number of rotatable bonds is 12. The number of hydrogen-bond donors (Lipinski definition) is 1. The molecular weight excluding hydrogens is 601 g/mol. The lowest BCUT2D eigenvalue weighted by atomic mass is 10.1. The number of carbonyl (C=O) groups excluding carboxylic acids is 1. The van der Waals surface area contributed by atoms with Gasteiger partial charge in [0.1, 0.15) is 11.5 Å². The molecule has 4 aromatic rings. The highest BCUT2D eigenvalue weighted by molar-refractivity contribution is 7.89. The minimum atomic E-state index is -3.93. The van der Waals surface area contributed by atoms with Gasteiger partial charge in [-0.15, -0.1) is 0 Å². The Morgan fingerprint density at radius 2 is 1.69 bits per heavy atom. The molecule has 0 bridgehead atoms. The van der Waals surface area contributed by atoms with Gasteiger partial charge in [0, 0.05) is 16.6 Å². The van der Waals surface area contributed by atoms with Crippen LogP contribution in [0.15, 0.2) is 87.2 Å². The molecular formula is C30H29Cl2N3O6S. The predicted molar refractivity (Wildman–Crippen MR) is 162 cm³/mol. The van der Waals surface area contributed by atoms with E-state index in [0.29, 0.717) is 38.6 Å². The molecule has 9 nitrogen and oxygen atoms in total. The number of methoxy groups -OCH3 is 2. The van der Waals surface area contributed by atoms with Crippen molar-refractivity contribution in [1.82, 2.24) is 9.73 Å². The summed E-state index contributed by atoms with van der Waals surface area (Å²) in [6.07, 6.45) is 1.41. The number of sulfonamides is 1. The number of nitrogens with zero attached hydrogens (tertiary/aromatic N) is 2. The summed E-state index contributed by atoms with van der Waals surface area (Å²) >= 11 is 12.4. The molecule has 0 fully saturated rings. The zero-order chi connectivity index (χ0) is 30.3. The van der Waals surface area contributed by atoms with Crippen molar-refractivity contribution >= 4 is 45.3 Å². The average Bonchev–Trinajstić information content (AvgIpc) is 3.41. The molecule has 0 aliphatic heterocycles. The van der Waals surface area contributed by atoms with E-state index in [2.05, 4.69) is 10.5 Å². The maximum Gasteiger partial charge on any atom is 0.244 e. The highest BCUT2D eigenvalue weighted by Crippen LogP contribution is 2.28. The molecule has 220 valence electrons. The maximum atomic E-state index is 13.6. The molecule has 1 N–H and O–H groups in total. The van der Waals surface area contributed by atoms with E-state index in [4.69, 9.17) is 37.1 Å². The van der Waals surface area contributed by atoms with Crippen molar-refractivity contribution in [2.24, 2.45) is 5.10 Å². The summed E-state index contributed by atoms with van der Waals surface area (Å²) in [5, 5.41) is 4.76. The van der Waals surface area contributed by atoms with Gasteiger partial charge in [-0.25, -0.2) is 13.8 Å². The van der Waals surface area contributed by atoms with E-state index >= 15 is 0 Å². The molecule has 0 aliphatic carbocycles. The number of hydrogen-bond acceptors (Lipinski definition) is 7. The van der Waals surface area contributed by atoms with Crippen molar-refractivity contribution in [3.05, 3.63) is 111 Å². The lowest BCUT2D eigenvalue weighted by Gasteiger charge is -2.22. The molecule has 4 rings (SSSR count). The Balaban J connectivity index is 1.46. The van der Waals surface area contributed by atoms with Gasteiger partial charge in [0.15, 0.2) is 11.5 Å². The van der Waals surface area contributed by atoms with E-state index in [1.54, 1.807) is 72.8 Å². The second-order valence-corrected chi connectivity index (χ2v) is 12.1. The third-order valence-electron chi connectivity index (χ3n) is 6.23. The van der Waals surface area contributed by atoms with E-state index in [9.17, 15) is 13.2 Å². The van der Waals surface area contributed by atoms with Crippen LogP contribution in [0, 0.1) is 6.92 Å². The summed E-state index contributed by atoms with van der Waals surface area (Å²) in [6.45, 7) is 1.80. The molecule has 1 amide bonds. The minimum Gasteiger partial charge on any atom is -0.493 e. The van der Waals surface area contributed by atoms with Gasteiger partial charge >= 0.3 is 0 Å². The molecule has 0 aliphatic rings. The number of nitrogens with one attached hydrogen (secondary N) is 1. The van der Waals surface area contributed by atoms with Gasteiger partial charge < -0.3 is 13.9 Å². The van der Waals surface area contributed by atoms with Crippen LogP contribution in [0.2, 0.25) is 10.0 Å². The standard InChI is InChI=1S/C30H29Cl2N3O6S/c1-20-4-11-26(12-5-20)42(37,38)35(18-22-7-8-23(31)16-27(22)32)19-25-10-9-24(41-25)17-33-34-30(36)15-21-6-13-28(39-2)29(14-21)40-3/h4-14,16-17H,15,18-19H2,1-3H3,(H,34,36)/b33-17-. The first-order valence-corrected chi connectivity index (χ1v) is 14.9. The second kappa shape index (κ2) is 13.9. The molecule has 0 radical (unpaired) electrons. The van der Waals surface area contributed by atoms with Crippen molar-refractivity contribution in [3.63, 3.8) is 0 Å². The Kier molecular flexibility index (Phi) is 10.3. The second-order valence-electron chi connectivity index (χ2n) is 9.29. The van der Waals surface area contributed by atoms with Crippen LogP contribution in [0.3, 0.4) is 0 Å². The van der Waals surface area contributed by atoms with E-state index in [0.717, 1.165) is 11.1 Å². The third kappa shape index (κ3) is 7.92. The highest BCUT2D eigenvalue weighted by atomic mass is 35.5. The van der Waals surface area contributed by atoms with Gasteiger partial charge in [-0.3, -0.25) is 4.79 Å². The monoisotopic (exact) mass is 629 g/mol. The third-order valence-corrected chi connectivity index (χ3v) is 8.62. The molecule has 0 saturated heterocycles. The quantitative estimate of drug-likeness (QED) is 0.152. The number of ether oxygens (including phenoxy) is 2. The van der Waals surface area contributed by atoms with Crippen molar-refractivity contribution in [2.75, 3.05) is 14.2 Å². The Hall–Kier alpha value is -3.83. The molecule has 12 heteroatoms. The summed E-state index contributed by atoms with van der Waals surface area (Å²) < 4.78 is 44.8. The van der Waals surface area contributed by atoms with Crippen LogP contribution in [0.5, 0.6) is 11.5 Å². The fourth-order valence-corrected chi connectivity index (χ4v) is 5.88. The molecule has 1 heterocycles. The lowest BCUT2D eigenvalue weighted by molar-refractivity contribution is -0.120. The Bertz CT molecular complexity index is 1690. The Morgan fingerprint density at radius 1 is 0.952 bits per heavy atom. The summed E-state index contributed by atoms with van der Waals surface area (Å²) in [5.74, 6) is 1.43. The largest absolute Gasteiger partial charge is 0.493 e. The number of carbonyl (C=O) groups is 1. The van der Waals surface area contributed by atoms with Gasteiger partial charge in [0.2, 0.25) is 15.9 Å². The summed E-state index contributed by atoms with van der Waals surface area (Å²) in [4.78, 5) is 12.5. The van der Waals surface area contributed by atoms with Crippen LogP contribution in [0.4, 0.5) is 0 Å². The van der Waals surface area contributed by atoms with E-state index < -0.39 is 10.0 Å². The SMILES string of the molecule is COc1ccc(CC(=O)N/N=C\c2ccc(CN(Cc3ccc(Cl)cc3Cl)S(=O)(=O)c3ccc(C)cc3)o2)cc1OC. The zero-order valence-electron chi connectivity index (χ0n) is 23.1. The van der Waals surface area contributed by atoms with Crippen molar-refractivity contribution in [1.29, 1.82) is 0 Å². The molecule has 42 heavy (non-hydrogen) atoms. The van der Waals surface area contributed by atoms with Gasteiger partial charge in [0.05, 0.1) is 38.3 Å². The molecule has 0 atom stereocenters. The lowest BCUT2D eigenvalue weighted by Crippen LogP contribution is -2.30. The fraction of sp³-hybridized carbons (Fsp3) is 0.200. The van der Waals surface area contributed by atoms with E-state index in [-0.39, 0.29) is 30.3 Å². The van der Waals surface area contributed by atoms with Crippen LogP contribution in [0.25, 0.3) is 0 Å².